The maximum Gasteiger partial charge on any atom is 0.243 e. The third-order valence-electron chi connectivity index (χ3n) is 6.04. The van der Waals surface area contributed by atoms with Crippen LogP contribution in [0.2, 0.25) is 0 Å². The summed E-state index contributed by atoms with van der Waals surface area (Å²) in [4.78, 5) is 0. The van der Waals surface area contributed by atoms with Gasteiger partial charge < -0.3 is 0 Å². The number of hydrogen-bond acceptors (Lipinski definition) is 0. The van der Waals surface area contributed by atoms with Crippen molar-refractivity contribution in [1.29, 1.82) is 0 Å². The highest BCUT2D eigenvalue weighted by atomic mass is 15.1. The van der Waals surface area contributed by atoms with E-state index in [9.17, 15) is 0 Å². The van der Waals surface area contributed by atoms with Crippen LogP contribution in [0.3, 0.4) is 0 Å². The second kappa shape index (κ2) is 19.5. The SMILES string of the molecule is CCCCCCCCCCCCCCCCCCCn1cc[n+](CCCC)c1. The maximum atomic E-state index is 2.36. The predicted octanol–water partition coefficient (Wildman–Crippen LogP) is 8.23. The van der Waals surface area contributed by atoms with Crippen molar-refractivity contribution >= 4 is 0 Å². The number of imidazole rings is 1. The molecule has 0 aliphatic heterocycles. The van der Waals surface area contributed by atoms with Crippen molar-refractivity contribution in [1.82, 2.24) is 4.57 Å². The van der Waals surface area contributed by atoms with Gasteiger partial charge in [-0.3, -0.25) is 0 Å². The molecule has 1 aromatic rings. The van der Waals surface area contributed by atoms with Crippen LogP contribution in [-0.4, -0.2) is 4.57 Å². The minimum absolute atomic E-state index is 1.17. The maximum absolute atomic E-state index is 2.36. The van der Waals surface area contributed by atoms with Gasteiger partial charge in [0.25, 0.3) is 0 Å². The van der Waals surface area contributed by atoms with E-state index in [1.807, 2.05) is 0 Å². The Kier molecular flexibility index (Phi) is 17.6. The van der Waals surface area contributed by atoms with Crippen LogP contribution < -0.4 is 4.57 Å². The Morgan fingerprint density at radius 3 is 1.43 bits per heavy atom. The normalized spacial score (nSPS) is 11.4. The van der Waals surface area contributed by atoms with Gasteiger partial charge >= 0.3 is 0 Å². The van der Waals surface area contributed by atoms with Crippen LogP contribution in [-0.2, 0) is 13.1 Å². The lowest BCUT2D eigenvalue weighted by molar-refractivity contribution is -0.696. The van der Waals surface area contributed by atoms with Gasteiger partial charge in [-0.1, -0.05) is 117 Å². The first kappa shape index (κ1) is 25.2. The third-order valence-corrected chi connectivity index (χ3v) is 6.04. The Bertz CT molecular complexity index is 424. The van der Waals surface area contributed by atoms with Crippen molar-refractivity contribution in [3.63, 3.8) is 0 Å². The summed E-state index contributed by atoms with van der Waals surface area (Å²) in [7, 11) is 0. The van der Waals surface area contributed by atoms with Crippen molar-refractivity contribution in [2.75, 3.05) is 0 Å². The fourth-order valence-corrected chi connectivity index (χ4v) is 4.06. The minimum atomic E-state index is 1.17. The van der Waals surface area contributed by atoms with Crippen LogP contribution in [0.1, 0.15) is 136 Å². The lowest BCUT2D eigenvalue weighted by Gasteiger charge is -2.03. The van der Waals surface area contributed by atoms with Gasteiger partial charge in [0.15, 0.2) is 0 Å². The third kappa shape index (κ3) is 15.2. The summed E-state index contributed by atoms with van der Waals surface area (Å²) in [6, 6.07) is 0. The van der Waals surface area contributed by atoms with Crippen molar-refractivity contribution < 1.29 is 4.57 Å². The Labute approximate surface area is 177 Å². The first-order valence-electron chi connectivity index (χ1n) is 12.9. The molecule has 0 saturated carbocycles. The molecule has 28 heavy (non-hydrogen) atoms. The molecule has 0 bridgehead atoms. The zero-order valence-corrected chi connectivity index (χ0v) is 19.5. The summed E-state index contributed by atoms with van der Waals surface area (Å²) in [6.07, 6.45) is 33.9. The first-order chi connectivity index (χ1) is 13.9. The summed E-state index contributed by atoms with van der Waals surface area (Å²) in [5.74, 6) is 0. The molecule has 1 rings (SSSR count). The van der Waals surface area contributed by atoms with Crippen LogP contribution in [0.25, 0.3) is 0 Å². The molecule has 0 spiro atoms. The summed E-state index contributed by atoms with van der Waals surface area (Å²) in [6.45, 7) is 6.92. The largest absolute Gasteiger partial charge is 0.243 e. The van der Waals surface area contributed by atoms with Crippen LogP contribution in [0.5, 0.6) is 0 Å². The summed E-state index contributed by atoms with van der Waals surface area (Å²) in [5.41, 5.74) is 0. The summed E-state index contributed by atoms with van der Waals surface area (Å²) in [5, 5.41) is 0. The average Bonchev–Trinajstić information content (AvgIpc) is 3.16. The molecular formula is C26H51N2+. The van der Waals surface area contributed by atoms with Gasteiger partial charge in [-0.2, -0.15) is 0 Å². The van der Waals surface area contributed by atoms with E-state index >= 15 is 0 Å². The minimum Gasteiger partial charge on any atom is -0.237 e. The lowest BCUT2D eigenvalue weighted by Crippen LogP contribution is -2.30. The van der Waals surface area contributed by atoms with E-state index in [0.717, 1.165) is 0 Å². The van der Waals surface area contributed by atoms with E-state index in [1.165, 1.54) is 135 Å². The van der Waals surface area contributed by atoms with Crippen LogP contribution in [0.15, 0.2) is 18.7 Å². The highest BCUT2D eigenvalue weighted by Gasteiger charge is 2.02. The van der Waals surface area contributed by atoms with Gasteiger partial charge in [0.05, 0.1) is 13.1 Å². The summed E-state index contributed by atoms with van der Waals surface area (Å²) < 4.78 is 4.69. The molecule has 0 saturated heterocycles. The topological polar surface area (TPSA) is 8.81 Å². The Hall–Kier alpha value is -0.790. The second-order valence-electron chi connectivity index (χ2n) is 8.90. The Morgan fingerprint density at radius 1 is 0.536 bits per heavy atom. The molecule has 1 aromatic heterocycles. The molecule has 164 valence electrons. The standard InChI is InChI=1S/C26H51N2/c1-3-5-7-8-9-10-11-12-13-14-15-16-17-18-19-20-21-23-28-25-24-27(26-28)22-6-4-2/h24-26H,3-23H2,1-2H3/q+1. The van der Waals surface area contributed by atoms with Gasteiger partial charge in [0.1, 0.15) is 12.4 Å². The fourth-order valence-electron chi connectivity index (χ4n) is 4.06. The van der Waals surface area contributed by atoms with Crippen molar-refractivity contribution in [3.8, 4) is 0 Å². The van der Waals surface area contributed by atoms with Gasteiger partial charge in [0.2, 0.25) is 6.33 Å². The number of unbranched alkanes of at least 4 members (excludes halogenated alkanes) is 17. The van der Waals surface area contributed by atoms with E-state index in [1.54, 1.807) is 0 Å². The van der Waals surface area contributed by atoms with Crippen LogP contribution in [0.4, 0.5) is 0 Å². The second-order valence-corrected chi connectivity index (χ2v) is 8.90. The van der Waals surface area contributed by atoms with Gasteiger partial charge in [-0.15, -0.1) is 0 Å². The number of aromatic nitrogens is 2. The molecule has 0 fully saturated rings. The smallest absolute Gasteiger partial charge is 0.237 e. The molecule has 0 aliphatic rings. The Balaban J connectivity index is 1.76. The molecule has 0 radical (unpaired) electrons. The molecular weight excluding hydrogens is 340 g/mol. The molecule has 0 amide bonds. The molecule has 0 atom stereocenters. The first-order valence-corrected chi connectivity index (χ1v) is 12.9. The van der Waals surface area contributed by atoms with Crippen molar-refractivity contribution in [2.24, 2.45) is 0 Å². The van der Waals surface area contributed by atoms with Gasteiger partial charge in [-0.05, 0) is 19.3 Å². The van der Waals surface area contributed by atoms with E-state index in [4.69, 9.17) is 0 Å². The predicted molar refractivity (Wildman–Crippen MR) is 124 cm³/mol. The highest BCUT2D eigenvalue weighted by Crippen LogP contribution is 2.14. The monoisotopic (exact) mass is 391 g/mol. The quantitative estimate of drug-likeness (QED) is 0.147. The van der Waals surface area contributed by atoms with E-state index in [-0.39, 0.29) is 0 Å². The molecule has 1 heterocycles. The van der Waals surface area contributed by atoms with E-state index < -0.39 is 0 Å². The molecule has 0 N–H and O–H groups in total. The fraction of sp³-hybridized carbons (Fsp3) is 0.885. The number of aryl methyl sites for hydroxylation is 2. The molecule has 0 aliphatic carbocycles. The zero-order valence-electron chi connectivity index (χ0n) is 19.5. The van der Waals surface area contributed by atoms with E-state index in [0.29, 0.717) is 0 Å². The number of nitrogens with zero attached hydrogens (tertiary/aromatic N) is 2. The molecule has 2 nitrogen and oxygen atoms in total. The molecule has 0 unspecified atom stereocenters. The lowest BCUT2D eigenvalue weighted by atomic mass is 10.0. The van der Waals surface area contributed by atoms with Gasteiger partial charge in [-0.25, -0.2) is 9.13 Å². The van der Waals surface area contributed by atoms with Crippen LogP contribution in [0, 0.1) is 0 Å². The zero-order chi connectivity index (χ0) is 20.1. The molecule has 0 aromatic carbocycles. The highest BCUT2D eigenvalue weighted by molar-refractivity contribution is 4.66. The Morgan fingerprint density at radius 2 is 0.964 bits per heavy atom. The average molecular weight is 392 g/mol. The number of rotatable bonds is 21. The van der Waals surface area contributed by atoms with Gasteiger partial charge in [0, 0.05) is 0 Å². The van der Waals surface area contributed by atoms with Crippen molar-refractivity contribution in [3.05, 3.63) is 18.7 Å². The molecule has 2 heteroatoms. The summed E-state index contributed by atoms with van der Waals surface area (Å²) >= 11 is 0. The van der Waals surface area contributed by atoms with E-state index in [2.05, 4.69) is 41.7 Å². The van der Waals surface area contributed by atoms with Crippen molar-refractivity contribution in [2.45, 2.75) is 149 Å². The van der Waals surface area contributed by atoms with Crippen LogP contribution >= 0.6 is 0 Å². The number of hydrogen-bond donors (Lipinski definition) is 0.